The largest absolute Gasteiger partial charge is 0.493 e. The number of likely N-dealkylation sites (tertiary alicyclic amines) is 2. The lowest BCUT2D eigenvalue weighted by Gasteiger charge is -2.45. The summed E-state index contributed by atoms with van der Waals surface area (Å²) in [7, 11) is 0. The molecule has 3 heterocycles. The van der Waals surface area contributed by atoms with E-state index < -0.39 is 23.0 Å². The fraction of sp³-hybridized carbons (Fsp3) is 0.517. The summed E-state index contributed by atoms with van der Waals surface area (Å²) in [6.07, 6.45) is 1.88. The number of ether oxygens (including phenoxy) is 2. The molecular weight excluding hydrogens is 508 g/mol. The molecule has 8 nitrogen and oxygen atoms in total. The first-order valence-electron chi connectivity index (χ1n) is 13.5. The number of hydrogen-bond donors (Lipinski definition) is 1. The Bertz CT molecular complexity index is 1240. The minimum absolute atomic E-state index is 0.361. The van der Waals surface area contributed by atoms with E-state index in [1.165, 1.54) is 6.07 Å². The molecule has 0 amide bonds. The van der Waals surface area contributed by atoms with Gasteiger partial charge in [0.05, 0.1) is 30.6 Å². The number of benzene rings is 2. The van der Waals surface area contributed by atoms with Crippen molar-refractivity contribution in [3.8, 4) is 22.6 Å². The molecule has 10 heteroatoms. The molecule has 0 aromatic heterocycles. The predicted octanol–water partition coefficient (Wildman–Crippen LogP) is 4.90. The van der Waals surface area contributed by atoms with Crippen LogP contribution in [-0.2, 0) is 16.2 Å². The maximum Gasteiger partial charge on any atom is 0.309 e. The van der Waals surface area contributed by atoms with Gasteiger partial charge >= 0.3 is 5.97 Å². The van der Waals surface area contributed by atoms with Crippen molar-refractivity contribution in [3.05, 3.63) is 47.5 Å². The fourth-order valence-corrected chi connectivity index (χ4v) is 5.66. The first-order chi connectivity index (χ1) is 18.6. The molecule has 210 valence electrons. The van der Waals surface area contributed by atoms with Gasteiger partial charge < -0.3 is 24.3 Å². The molecule has 0 bridgehead atoms. The Hall–Kier alpha value is -3.40. The Morgan fingerprint density at radius 2 is 1.69 bits per heavy atom. The van der Waals surface area contributed by atoms with Gasteiger partial charge in [-0.2, -0.15) is 0 Å². The normalized spacial score (nSPS) is 19.8. The Balaban J connectivity index is 1.25. The van der Waals surface area contributed by atoms with E-state index in [9.17, 15) is 18.7 Å². The first-order valence-corrected chi connectivity index (χ1v) is 13.5. The van der Waals surface area contributed by atoms with Crippen molar-refractivity contribution in [1.29, 1.82) is 0 Å². The van der Waals surface area contributed by atoms with Crippen LogP contribution in [0.25, 0.3) is 11.1 Å². The van der Waals surface area contributed by atoms with Crippen LogP contribution in [0.1, 0.15) is 45.6 Å². The number of hydrogen-bond acceptors (Lipinski definition) is 7. The smallest absolute Gasteiger partial charge is 0.309 e. The zero-order chi connectivity index (χ0) is 27.8. The van der Waals surface area contributed by atoms with Crippen LogP contribution in [0.15, 0.2) is 35.5 Å². The number of nitrogens with zero attached hydrogens (tertiary/aromatic N) is 3. The molecule has 39 heavy (non-hydrogen) atoms. The van der Waals surface area contributed by atoms with Crippen molar-refractivity contribution in [2.45, 2.75) is 52.2 Å². The third-order valence-corrected chi connectivity index (χ3v) is 7.94. The Kier molecular flexibility index (Phi) is 7.41. The Morgan fingerprint density at radius 3 is 2.26 bits per heavy atom. The quantitative estimate of drug-likeness (QED) is 0.507. The second kappa shape index (κ2) is 10.6. The first kappa shape index (κ1) is 27.2. The number of amidine groups is 1. The number of piperidine rings is 1. The van der Waals surface area contributed by atoms with Crippen LogP contribution in [0, 0.1) is 17.0 Å². The van der Waals surface area contributed by atoms with Gasteiger partial charge in [0.15, 0.2) is 17.2 Å². The van der Waals surface area contributed by atoms with Gasteiger partial charge in [-0.15, -0.1) is 0 Å². The number of carboxylic acid groups (broad SMARTS) is 1. The minimum atomic E-state index is -0.925. The number of oxime groups is 1. The number of carbonyl (C=O) groups is 1. The fourth-order valence-electron chi connectivity index (χ4n) is 5.66. The Labute approximate surface area is 227 Å². The number of carboxylic acids is 1. The summed E-state index contributed by atoms with van der Waals surface area (Å²) < 4.78 is 39.5. The predicted molar refractivity (Wildman–Crippen MR) is 142 cm³/mol. The maximum atomic E-state index is 14.1. The topological polar surface area (TPSA) is 83.8 Å². The van der Waals surface area contributed by atoms with Crippen LogP contribution >= 0.6 is 0 Å². The van der Waals surface area contributed by atoms with Crippen LogP contribution < -0.4 is 9.47 Å². The van der Waals surface area contributed by atoms with E-state index >= 15 is 0 Å². The lowest BCUT2D eigenvalue weighted by Crippen LogP contribution is -2.61. The van der Waals surface area contributed by atoms with Crippen LogP contribution in [0.3, 0.4) is 0 Å². The van der Waals surface area contributed by atoms with Gasteiger partial charge in [-0.1, -0.05) is 11.2 Å². The van der Waals surface area contributed by atoms with E-state index in [0.717, 1.165) is 23.5 Å². The summed E-state index contributed by atoms with van der Waals surface area (Å²) in [5.74, 6) is -0.558. The van der Waals surface area contributed by atoms with Crippen molar-refractivity contribution in [1.82, 2.24) is 9.80 Å². The molecule has 0 aliphatic carbocycles. The zero-order valence-electron chi connectivity index (χ0n) is 22.6. The molecule has 0 radical (unpaired) electrons. The highest BCUT2D eigenvalue weighted by atomic mass is 19.2. The van der Waals surface area contributed by atoms with E-state index in [0.29, 0.717) is 87.8 Å². The van der Waals surface area contributed by atoms with Crippen molar-refractivity contribution in [2.24, 2.45) is 10.6 Å². The summed E-state index contributed by atoms with van der Waals surface area (Å²) in [6, 6.07) is 7.65. The van der Waals surface area contributed by atoms with Gasteiger partial charge in [0.25, 0.3) is 0 Å². The summed E-state index contributed by atoms with van der Waals surface area (Å²) in [6.45, 7) is 9.76. The number of halogens is 2. The zero-order valence-corrected chi connectivity index (χ0v) is 22.6. The molecule has 0 saturated carbocycles. The van der Waals surface area contributed by atoms with E-state index in [1.54, 1.807) is 0 Å². The SMILES string of the molecule is CCOc1cc(CN2CC3(CC(N4CCC(C)(C(=O)O)CC4)=NO3)C2)cc(OCC)c1-c1ccc(F)c(F)c1. The van der Waals surface area contributed by atoms with Crippen LogP contribution in [0.2, 0.25) is 0 Å². The highest BCUT2D eigenvalue weighted by molar-refractivity contribution is 5.85. The average molecular weight is 544 g/mol. The molecule has 3 aliphatic heterocycles. The van der Waals surface area contributed by atoms with Gasteiger partial charge in [-0.05, 0) is 69.0 Å². The third-order valence-electron chi connectivity index (χ3n) is 7.94. The van der Waals surface area contributed by atoms with Gasteiger partial charge in [0, 0.05) is 32.7 Å². The van der Waals surface area contributed by atoms with Crippen molar-refractivity contribution < 1.29 is 33.0 Å². The molecule has 2 saturated heterocycles. The molecule has 1 spiro atoms. The summed E-state index contributed by atoms with van der Waals surface area (Å²) >= 11 is 0. The van der Waals surface area contributed by atoms with Crippen LogP contribution in [0.5, 0.6) is 11.5 Å². The number of rotatable bonds is 8. The van der Waals surface area contributed by atoms with Gasteiger partial charge in [0.1, 0.15) is 17.3 Å². The minimum Gasteiger partial charge on any atom is -0.493 e. The van der Waals surface area contributed by atoms with Gasteiger partial charge in [-0.25, -0.2) is 8.78 Å². The van der Waals surface area contributed by atoms with Crippen molar-refractivity contribution in [2.75, 3.05) is 39.4 Å². The maximum absolute atomic E-state index is 14.1. The lowest BCUT2D eigenvalue weighted by atomic mass is 9.80. The highest BCUT2D eigenvalue weighted by Crippen LogP contribution is 2.42. The molecule has 0 unspecified atom stereocenters. The van der Waals surface area contributed by atoms with E-state index in [-0.39, 0.29) is 5.60 Å². The molecule has 3 aliphatic rings. The monoisotopic (exact) mass is 543 g/mol. The standard InChI is InChI=1S/C29H35F2N3O5/c1-4-37-23-12-19(13-24(38-5-2)26(23)20-6-7-21(30)22(31)14-20)16-33-17-29(18-33)15-25(32-39-29)34-10-8-28(3,9-11-34)27(35)36/h6-7,12-14H,4-5,8-11,15-18H2,1-3H3,(H,35,36). The van der Waals surface area contributed by atoms with Crippen molar-refractivity contribution >= 4 is 11.8 Å². The second-order valence-electron chi connectivity index (χ2n) is 10.9. The van der Waals surface area contributed by atoms with Crippen LogP contribution in [-0.4, -0.2) is 71.7 Å². The van der Waals surface area contributed by atoms with E-state index in [1.807, 2.05) is 32.9 Å². The summed E-state index contributed by atoms with van der Waals surface area (Å²) in [5.41, 5.74) is 1.02. The van der Waals surface area contributed by atoms with E-state index in [4.69, 9.17) is 14.3 Å². The van der Waals surface area contributed by atoms with Gasteiger partial charge in [-0.3, -0.25) is 9.69 Å². The Morgan fingerprint density at radius 1 is 1.05 bits per heavy atom. The third kappa shape index (κ3) is 5.39. The van der Waals surface area contributed by atoms with Crippen LogP contribution in [0.4, 0.5) is 8.78 Å². The summed E-state index contributed by atoms with van der Waals surface area (Å²) in [5, 5.41) is 13.9. The average Bonchev–Trinajstić information content (AvgIpc) is 3.32. The van der Waals surface area contributed by atoms with Crippen molar-refractivity contribution in [3.63, 3.8) is 0 Å². The van der Waals surface area contributed by atoms with Gasteiger partial charge in [0.2, 0.25) is 0 Å². The molecule has 2 fully saturated rings. The molecular formula is C29H35F2N3O5. The summed E-state index contributed by atoms with van der Waals surface area (Å²) in [4.78, 5) is 21.9. The number of aliphatic carboxylic acids is 1. The lowest BCUT2D eigenvalue weighted by molar-refractivity contribution is -0.150. The highest BCUT2D eigenvalue weighted by Gasteiger charge is 2.51. The molecule has 2 aromatic rings. The second-order valence-corrected chi connectivity index (χ2v) is 10.9. The molecule has 2 aromatic carbocycles. The molecule has 0 atom stereocenters. The molecule has 5 rings (SSSR count). The van der Waals surface area contributed by atoms with E-state index in [2.05, 4.69) is 15.0 Å². The molecule has 1 N–H and O–H groups in total.